The van der Waals surface area contributed by atoms with Crippen molar-refractivity contribution in [3.8, 4) is 0 Å². The molecule has 2 aliphatic rings. The summed E-state index contributed by atoms with van der Waals surface area (Å²) >= 11 is 0. The predicted molar refractivity (Wildman–Crippen MR) is 86.7 cm³/mol. The SMILES string of the molecule is CC(C)(C)NCC1(CN2CCOC(C)(C)C2)CCOCC1. The standard InChI is InChI=1S/C17H34N2O2/c1-15(2,3)18-12-17(6-9-20-10-7-17)14-19-8-11-21-16(4,5)13-19/h18H,6-14H2,1-5H3. The van der Waals surface area contributed by atoms with Gasteiger partial charge in [0.25, 0.3) is 0 Å². The van der Waals surface area contributed by atoms with Crippen LogP contribution in [0.15, 0.2) is 0 Å². The van der Waals surface area contributed by atoms with Gasteiger partial charge in [-0.2, -0.15) is 0 Å². The number of hydrogen-bond donors (Lipinski definition) is 1. The summed E-state index contributed by atoms with van der Waals surface area (Å²) in [5.41, 5.74) is 0.511. The number of rotatable bonds is 4. The first-order valence-electron chi connectivity index (χ1n) is 8.39. The van der Waals surface area contributed by atoms with Crippen LogP contribution in [0.3, 0.4) is 0 Å². The van der Waals surface area contributed by atoms with E-state index in [2.05, 4.69) is 44.8 Å². The van der Waals surface area contributed by atoms with E-state index in [0.717, 1.165) is 58.8 Å². The Labute approximate surface area is 130 Å². The van der Waals surface area contributed by atoms with Crippen LogP contribution in [-0.4, -0.2) is 62.0 Å². The van der Waals surface area contributed by atoms with E-state index in [1.54, 1.807) is 0 Å². The fourth-order valence-corrected chi connectivity index (χ4v) is 3.37. The van der Waals surface area contributed by atoms with Crippen LogP contribution < -0.4 is 5.32 Å². The van der Waals surface area contributed by atoms with Crippen molar-refractivity contribution in [2.45, 2.75) is 58.6 Å². The van der Waals surface area contributed by atoms with Gasteiger partial charge in [0.1, 0.15) is 0 Å². The Bertz CT molecular complexity index is 330. The summed E-state index contributed by atoms with van der Waals surface area (Å²) in [6.07, 6.45) is 2.32. The Morgan fingerprint density at radius 1 is 1.10 bits per heavy atom. The van der Waals surface area contributed by atoms with Crippen molar-refractivity contribution in [3.63, 3.8) is 0 Å². The van der Waals surface area contributed by atoms with Crippen LogP contribution in [0.4, 0.5) is 0 Å². The Morgan fingerprint density at radius 2 is 1.76 bits per heavy atom. The van der Waals surface area contributed by atoms with Crippen LogP contribution in [0.5, 0.6) is 0 Å². The summed E-state index contributed by atoms with van der Waals surface area (Å²) in [6, 6.07) is 0. The fraction of sp³-hybridized carbons (Fsp3) is 1.00. The van der Waals surface area contributed by atoms with Gasteiger partial charge in [0.15, 0.2) is 0 Å². The van der Waals surface area contributed by atoms with Gasteiger partial charge in [-0.25, -0.2) is 0 Å². The van der Waals surface area contributed by atoms with Gasteiger partial charge < -0.3 is 14.8 Å². The maximum absolute atomic E-state index is 5.85. The van der Waals surface area contributed by atoms with Crippen molar-refractivity contribution in [3.05, 3.63) is 0 Å². The van der Waals surface area contributed by atoms with Crippen LogP contribution in [-0.2, 0) is 9.47 Å². The first-order valence-corrected chi connectivity index (χ1v) is 8.39. The molecule has 2 saturated heterocycles. The number of ether oxygens (including phenoxy) is 2. The molecule has 2 rings (SSSR count). The number of nitrogens with zero attached hydrogens (tertiary/aromatic N) is 1. The van der Waals surface area contributed by atoms with E-state index in [0.29, 0.717) is 5.41 Å². The minimum Gasteiger partial charge on any atom is -0.381 e. The van der Waals surface area contributed by atoms with Crippen molar-refractivity contribution in [2.75, 3.05) is 46.0 Å². The topological polar surface area (TPSA) is 33.7 Å². The second-order valence-corrected chi connectivity index (χ2v) is 8.53. The monoisotopic (exact) mass is 298 g/mol. The quantitative estimate of drug-likeness (QED) is 0.863. The van der Waals surface area contributed by atoms with E-state index < -0.39 is 0 Å². The lowest BCUT2D eigenvalue weighted by atomic mass is 9.78. The molecule has 0 aromatic rings. The zero-order chi connectivity index (χ0) is 15.6. The summed E-state index contributed by atoms with van der Waals surface area (Å²) in [5.74, 6) is 0. The molecule has 0 aliphatic carbocycles. The molecule has 0 radical (unpaired) electrons. The normalized spacial score (nSPS) is 26.7. The van der Waals surface area contributed by atoms with E-state index in [-0.39, 0.29) is 11.1 Å². The van der Waals surface area contributed by atoms with E-state index in [1.165, 1.54) is 0 Å². The number of nitrogens with one attached hydrogen (secondary N) is 1. The highest BCUT2D eigenvalue weighted by atomic mass is 16.5. The minimum absolute atomic E-state index is 0.0118. The molecule has 0 atom stereocenters. The van der Waals surface area contributed by atoms with Crippen LogP contribution in [0, 0.1) is 5.41 Å². The summed E-state index contributed by atoms with van der Waals surface area (Å²) in [7, 11) is 0. The highest BCUT2D eigenvalue weighted by Crippen LogP contribution is 2.33. The molecule has 2 aliphatic heterocycles. The minimum atomic E-state index is -0.0118. The van der Waals surface area contributed by atoms with Gasteiger partial charge in [-0.05, 0) is 52.9 Å². The third-order valence-corrected chi connectivity index (χ3v) is 4.61. The third kappa shape index (κ3) is 5.51. The van der Waals surface area contributed by atoms with E-state index in [9.17, 15) is 0 Å². The first kappa shape index (κ1) is 17.2. The lowest BCUT2D eigenvalue weighted by Crippen LogP contribution is -2.55. The van der Waals surface area contributed by atoms with Crippen LogP contribution in [0.25, 0.3) is 0 Å². The van der Waals surface area contributed by atoms with Gasteiger partial charge in [0.2, 0.25) is 0 Å². The lowest BCUT2D eigenvalue weighted by Gasteiger charge is -2.46. The molecule has 0 spiro atoms. The Morgan fingerprint density at radius 3 is 2.33 bits per heavy atom. The molecule has 2 fully saturated rings. The van der Waals surface area contributed by atoms with Crippen LogP contribution in [0.1, 0.15) is 47.5 Å². The highest BCUT2D eigenvalue weighted by molar-refractivity contribution is 4.91. The zero-order valence-electron chi connectivity index (χ0n) is 14.6. The maximum Gasteiger partial charge on any atom is 0.0753 e. The van der Waals surface area contributed by atoms with Crippen molar-refractivity contribution in [2.24, 2.45) is 5.41 Å². The zero-order valence-corrected chi connectivity index (χ0v) is 14.6. The van der Waals surface area contributed by atoms with Gasteiger partial charge in [-0.15, -0.1) is 0 Å². The summed E-state index contributed by atoms with van der Waals surface area (Å²) in [4.78, 5) is 2.60. The number of morpholine rings is 1. The molecule has 21 heavy (non-hydrogen) atoms. The van der Waals surface area contributed by atoms with Gasteiger partial charge in [0, 0.05) is 44.9 Å². The second-order valence-electron chi connectivity index (χ2n) is 8.53. The molecule has 0 amide bonds. The first-order chi connectivity index (χ1) is 9.70. The molecular formula is C17H34N2O2. The Kier molecular flexibility index (Phi) is 5.35. The largest absolute Gasteiger partial charge is 0.381 e. The molecular weight excluding hydrogens is 264 g/mol. The van der Waals surface area contributed by atoms with E-state index in [1.807, 2.05) is 0 Å². The molecule has 0 aromatic heterocycles. The van der Waals surface area contributed by atoms with Gasteiger partial charge in [-0.1, -0.05) is 0 Å². The second kappa shape index (κ2) is 6.53. The van der Waals surface area contributed by atoms with Gasteiger partial charge in [0.05, 0.1) is 12.2 Å². The molecule has 2 heterocycles. The van der Waals surface area contributed by atoms with Gasteiger partial charge >= 0.3 is 0 Å². The lowest BCUT2D eigenvalue weighted by molar-refractivity contribution is -0.102. The molecule has 0 saturated carbocycles. The Balaban J connectivity index is 1.98. The molecule has 0 bridgehead atoms. The van der Waals surface area contributed by atoms with Crippen molar-refractivity contribution in [1.82, 2.24) is 10.2 Å². The molecule has 0 aromatic carbocycles. The van der Waals surface area contributed by atoms with Crippen molar-refractivity contribution in [1.29, 1.82) is 0 Å². The van der Waals surface area contributed by atoms with Crippen LogP contribution >= 0.6 is 0 Å². The molecule has 0 unspecified atom stereocenters. The third-order valence-electron chi connectivity index (χ3n) is 4.61. The van der Waals surface area contributed by atoms with E-state index in [4.69, 9.17) is 9.47 Å². The predicted octanol–water partition coefficient (Wildman–Crippen LogP) is 2.28. The molecule has 1 N–H and O–H groups in total. The van der Waals surface area contributed by atoms with Crippen molar-refractivity contribution >= 4 is 0 Å². The van der Waals surface area contributed by atoms with Gasteiger partial charge in [-0.3, -0.25) is 4.90 Å². The average molecular weight is 298 g/mol. The molecule has 124 valence electrons. The summed E-state index contributed by atoms with van der Waals surface area (Å²) in [6.45, 7) is 18.1. The van der Waals surface area contributed by atoms with Crippen molar-refractivity contribution < 1.29 is 9.47 Å². The smallest absolute Gasteiger partial charge is 0.0753 e. The fourth-order valence-electron chi connectivity index (χ4n) is 3.37. The summed E-state index contributed by atoms with van der Waals surface area (Å²) < 4.78 is 11.5. The highest BCUT2D eigenvalue weighted by Gasteiger charge is 2.37. The maximum atomic E-state index is 5.85. The van der Waals surface area contributed by atoms with Crippen LogP contribution in [0.2, 0.25) is 0 Å². The van der Waals surface area contributed by atoms with E-state index >= 15 is 0 Å². The Hall–Kier alpha value is -0.160. The number of hydrogen-bond acceptors (Lipinski definition) is 4. The average Bonchev–Trinajstić information content (AvgIpc) is 2.36. The molecule has 4 nitrogen and oxygen atoms in total. The summed E-state index contributed by atoms with van der Waals surface area (Å²) in [5, 5.41) is 3.73. The molecule has 4 heteroatoms.